The summed E-state index contributed by atoms with van der Waals surface area (Å²) in [5.41, 5.74) is 9.33. The molecular weight excluding hydrogens is 464 g/mol. The second kappa shape index (κ2) is 9.17. The van der Waals surface area contributed by atoms with Crippen molar-refractivity contribution in [3.63, 3.8) is 0 Å². The Morgan fingerprint density at radius 3 is 1.66 bits per heavy atom. The minimum Gasteiger partial charge on any atom is -0.872 e. The van der Waals surface area contributed by atoms with Crippen LogP contribution in [-0.2, 0) is 0 Å². The second-order valence-corrected chi connectivity index (χ2v) is 9.62. The molecule has 0 saturated heterocycles. The number of fused-ring (bicyclic) bond motifs is 2. The van der Waals surface area contributed by atoms with Gasteiger partial charge in [-0.1, -0.05) is 127 Å². The van der Waals surface area contributed by atoms with E-state index < -0.39 is 6.10 Å². The second-order valence-electron chi connectivity index (χ2n) is 9.62. The van der Waals surface area contributed by atoms with Crippen molar-refractivity contribution in [2.45, 2.75) is 6.10 Å². The van der Waals surface area contributed by atoms with Gasteiger partial charge in [0, 0.05) is 0 Å². The first-order valence-electron chi connectivity index (χ1n) is 12.8. The van der Waals surface area contributed by atoms with Gasteiger partial charge in [-0.05, 0) is 51.6 Å². The number of rotatable bonds is 4. The van der Waals surface area contributed by atoms with E-state index >= 15 is 0 Å². The standard InChI is InChI=1S/C36H24O2/c37-34-29(25-15-7-2-8-16-25)23-31(27-19-11-4-12-20-27)36-33(34)32-22-28(24-13-5-1-6-14-24)21-30(35(32)38-36)26-17-9-3-10-18-26/h1-23,36H. The summed E-state index contributed by atoms with van der Waals surface area (Å²) in [6.45, 7) is 0. The molecule has 0 radical (unpaired) electrons. The van der Waals surface area contributed by atoms with Gasteiger partial charge < -0.3 is 5.11 Å². The first-order chi connectivity index (χ1) is 18.8. The summed E-state index contributed by atoms with van der Waals surface area (Å²) >= 11 is 0. The SMILES string of the molecule is [O-]C1=C(c2ccccc2)C=C(c2ccccc2)C2[O+]=c3c(-c4ccccc4)cc(-c4ccccc4)cc3=C12. The van der Waals surface area contributed by atoms with Gasteiger partial charge in [0.25, 0.3) is 0 Å². The molecule has 0 amide bonds. The van der Waals surface area contributed by atoms with Gasteiger partial charge in [0.1, 0.15) is 0 Å². The molecule has 0 spiro atoms. The summed E-state index contributed by atoms with van der Waals surface area (Å²) < 4.78 is 6.77. The average Bonchev–Trinajstić information content (AvgIpc) is 3.39. The average molecular weight is 489 g/mol. The smallest absolute Gasteiger partial charge is 0.360 e. The third kappa shape index (κ3) is 3.70. The maximum atomic E-state index is 14.2. The Kier molecular flexibility index (Phi) is 5.37. The Hall–Kier alpha value is -4.95. The maximum absolute atomic E-state index is 14.2. The number of benzene rings is 5. The van der Waals surface area contributed by atoms with Crippen LogP contribution in [0, 0.1) is 0 Å². The summed E-state index contributed by atoms with van der Waals surface area (Å²) in [6.07, 6.45) is 1.55. The fourth-order valence-electron chi connectivity index (χ4n) is 5.50. The predicted octanol–water partition coefficient (Wildman–Crippen LogP) is 6.04. The van der Waals surface area contributed by atoms with Crippen LogP contribution in [0.15, 0.2) is 150 Å². The molecule has 7 rings (SSSR count). The zero-order valence-corrected chi connectivity index (χ0v) is 20.7. The minimum absolute atomic E-state index is 0.0175. The minimum atomic E-state index is -0.471. The van der Waals surface area contributed by atoms with Gasteiger partial charge in [-0.15, -0.1) is 0 Å². The maximum Gasteiger partial charge on any atom is 0.360 e. The Bertz CT molecular complexity index is 1830. The highest BCUT2D eigenvalue weighted by molar-refractivity contribution is 6.02. The van der Waals surface area contributed by atoms with Crippen LogP contribution in [0.3, 0.4) is 0 Å². The molecule has 2 heteroatoms. The van der Waals surface area contributed by atoms with E-state index in [1.165, 1.54) is 0 Å². The zero-order valence-electron chi connectivity index (χ0n) is 20.7. The molecule has 1 aliphatic heterocycles. The van der Waals surface area contributed by atoms with Crippen molar-refractivity contribution in [3.05, 3.63) is 171 Å². The Labute approximate surface area is 221 Å². The molecule has 1 atom stereocenters. The molecule has 0 aromatic heterocycles. The topological polar surface area (TPSA) is 34.4 Å². The zero-order chi connectivity index (χ0) is 25.5. The third-order valence-electron chi connectivity index (χ3n) is 7.33. The number of allylic oxidation sites excluding steroid dienone is 2. The van der Waals surface area contributed by atoms with Gasteiger partial charge in [-0.3, -0.25) is 0 Å². The van der Waals surface area contributed by atoms with Crippen LogP contribution >= 0.6 is 0 Å². The Balaban J connectivity index is 1.58. The molecule has 38 heavy (non-hydrogen) atoms. The fraction of sp³-hybridized carbons (Fsp3) is 0.0278. The third-order valence-corrected chi connectivity index (χ3v) is 7.33. The van der Waals surface area contributed by atoms with Crippen molar-refractivity contribution in [1.29, 1.82) is 0 Å². The molecule has 0 fully saturated rings. The van der Waals surface area contributed by atoms with Gasteiger partial charge in [-0.25, -0.2) is 4.42 Å². The molecule has 5 aromatic rings. The highest BCUT2D eigenvalue weighted by atomic mass is 16.4. The van der Waals surface area contributed by atoms with Crippen molar-refractivity contribution in [3.8, 4) is 22.3 Å². The summed E-state index contributed by atoms with van der Waals surface area (Å²) in [4.78, 5) is 0. The molecular formula is C36H24O2. The summed E-state index contributed by atoms with van der Waals surface area (Å²) in [7, 11) is 0. The monoisotopic (exact) mass is 488 g/mol. The fourth-order valence-corrected chi connectivity index (χ4v) is 5.50. The van der Waals surface area contributed by atoms with Gasteiger partial charge in [-0.2, -0.15) is 0 Å². The van der Waals surface area contributed by atoms with Gasteiger partial charge in [0.05, 0.1) is 21.9 Å². The molecule has 180 valence electrons. The van der Waals surface area contributed by atoms with Crippen molar-refractivity contribution in [2.24, 2.45) is 0 Å². The van der Waals surface area contributed by atoms with E-state index in [0.29, 0.717) is 11.1 Å². The van der Waals surface area contributed by atoms with Crippen molar-refractivity contribution in [1.82, 2.24) is 0 Å². The van der Waals surface area contributed by atoms with E-state index in [1.807, 2.05) is 91.0 Å². The lowest BCUT2D eigenvalue weighted by Gasteiger charge is -2.25. The molecule has 0 N–H and O–H groups in total. The normalized spacial score (nSPS) is 15.9. The first kappa shape index (κ1) is 22.3. The van der Waals surface area contributed by atoms with Crippen LogP contribution in [0.4, 0.5) is 0 Å². The van der Waals surface area contributed by atoms with Crippen LogP contribution in [0.5, 0.6) is 0 Å². The molecule has 2 aliphatic rings. The highest BCUT2D eigenvalue weighted by Gasteiger charge is 2.40. The van der Waals surface area contributed by atoms with Crippen molar-refractivity contribution in [2.75, 3.05) is 0 Å². The van der Waals surface area contributed by atoms with E-state index in [4.69, 9.17) is 4.42 Å². The van der Waals surface area contributed by atoms with E-state index in [-0.39, 0.29) is 5.76 Å². The van der Waals surface area contributed by atoms with E-state index in [9.17, 15) is 5.11 Å². The highest BCUT2D eigenvalue weighted by Crippen LogP contribution is 2.40. The van der Waals surface area contributed by atoms with Crippen LogP contribution in [0.2, 0.25) is 0 Å². The van der Waals surface area contributed by atoms with Crippen LogP contribution in [-0.4, -0.2) is 6.10 Å². The lowest BCUT2D eigenvalue weighted by Crippen LogP contribution is -2.29. The molecule has 1 unspecified atom stereocenters. The van der Waals surface area contributed by atoms with Crippen molar-refractivity contribution < 1.29 is 5.11 Å². The van der Waals surface area contributed by atoms with E-state index in [2.05, 4.69) is 48.5 Å². The predicted molar refractivity (Wildman–Crippen MR) is 154 cm³/mol. The van der Waals surface area contributed by atoms with E-state index in [0.717, 1.165) is 49.6 Å². The lowest BCUT2D eigenvalue weighted by molar-refractivity contribution is -0.291. The summed E-state index contributed by atoms with van der Waals surface area (Å²) in [5, 5.41) is 15.1. The summed E-state index contributed by atoms with van der Waals surface area (Å²) in [6, 6.07) is 45.1. The quantitative estimate of drug-likeness (QED) is 0.284. The van der Waals surface area contributed by atoms with Gasteiger partial charge in [0.15, 0.2) is 0 Å². The van der Waals surface area contributed by atoms with Crippen molar-refractivity contribution >= 4 is 16.7 Å². The summed E-state index contributed by atoms with van der Waals surface area (Å²) in [5.74, 6) is 0.0175. The molecule has 1 aliphatic carbocycles. The Morgan fingerprint density at radius 1 is 0.526 bits per heavy atom. The number of hydrogen-bond acceptors (Lipinski definition) is 1. The van der Waals surface area contributed by atoms with Gasteiger partial charge in [0.2, 0.25) is 0 Å². The van der Waals surface area contributed by atoms with Crippen LogP contribution in [0.25, 0.3) is 39.0 Å². The van der Waals surface area contributed by atoms with E-state index in [1.54, 1.807) is 0 Å². The number of hydrogen-bond donors (Lipinski definition) is 0. The van der Waals surface area contributed by atoms with Crippen LogP contribution in [0.1, 0.15) is 11.1 Å². The molecule has 5 aromatic carbocycles. The Morgan fingerprint density at radius 2 is 1.05 bits per heavy atom. The molecule has 0 bridgehead atoms. The van der Waals surface area contributed by atoms with Crippen LogP contribution < -0.4 is 15.8 Å². The van der Waals surface area contributed by atoms with Gasteiger partial charge >= 0.3 is 11.5 Å². The molecule has 1 heterocycles. The molecule has 0 saturated carbocycles. The largest absolute Gasteiger partial charge is 0.872 e. The lowest BCUT2D eigenvalue weighted by atomic mass is 9.83. The molecule has 2 nitrogen and oxygen atoms in total. The first-order valence-corrected chi connectivity index (χ1v) is 12.8.